The number of amides is 2. The molecular formula is C17H19N3O3S. The van der Waals surface area contributed by atoms with E-state index in [1.165, 1.54) is 16.2 Å². The van der Waals surface area contributed by atoms with Crippen molar-refractivity contribution in [3.05, 3.63) is 35.3 Å². The highest BCUT2D eigenvalue weighted by Crippen LogP contribution is 2.34. The van der Waals surface area contributed by atoms with Crippen molar-refractivity contribution >= 4 is 34.0 Å². The summed E-state index contributed by atoms with van der Waals surface area (Å²) in [4.78, 5) is 32.5. The number of benzene rings is 1. The van der Waals surface area contributed by atoms with E-state index >= 15 is 0 Å². The molecule has 7 heteroatoms. The third kappa shape index (κ3) is 2.99. The Morgan fingerprint density at radius 1 is 1.46 bits per heavy atom. The van der Waals surface area contributed by atoms with Crippen LogP contribution in [0, 0.1) is 12.8 Å². The quantitative estimate of drug-likeness (QED) is 0.854. The molecule has 0 aliphatic carbocycles. The number of nitrogens with zero attached hydrogens (tertiary/aromatic N) is 3. The Bertz CT molecular complexity index is 760. The van der Waals surface area contributed by atoms with Gasteiger partial charge in [-0.25, -0.2) is 4.98 Å². The molecule has 6 nitrogen and oxygen atoms in total. The van der Waals surface area contributed by atoms with Gasteiger partial charge in [0.25, 0.3) is 0 Å². The van der Waals surface area contributed by atoms with Gasteiger partial charge in [0.15, 0.2) is 5.13 Å². The van der Waals surface area contributed by atoms with E-state index in [0.29, 0.717) is 17.4 Å². The number of ether oxygens (including phenoxy) is 1. The molecule has 1 aromatic heterocycles. The number of methoxy groups -OCH3 is 1. The zero-order valence-electron chi connectivity index (χ0n) is 13.9. The van der Waals surface area contributed by atoms with Crippen molar-refractivity contribution in [1.29, 1.82) is 0 Å². The summed E-state index contributed by atoms with van der Waals surface area (Å²) in [6, 6.07) is 5.69. The van der Waals surface area contributed by atoms with Gasteiger partial charge in [-0.15, -0.1) is 11.3 Å². The lowest BCUT2D eigenvalue weighted by molar-refractivity contribution is -0.124. The van der Waals surface area contributed by atoms with E-state index in [-0.39, 0.29) is 24.2 Å². The first-order chi connectivity index (χ1) is 11.5. The number of aromatic nitrogens is 1. The maximum absolute atomic E-state index is 12.7. The Labute approximate surface area is 144 Å². The van der Waals surface area contributed by atoms with Gasteiger partial charge < -0.3 is 9.64 Å². The predicted molar refractivity (Wildman–Crippen MR) is 93.7 cm³/mol. The molecule has 1 unspecified atom stereocenters. The number of anilines is 2. The molecule has 126 valence electrons. The predicted octanol–water partition coefficient (Wildman–Crippen LogP) is 2.48. The maximum Gasteiger partial charge on any atom is 0.233 e. The Morgan fingerprint density at radius 3 is 2.92 bits per heavy atom. The minimum atomic E-state index is -0.378. The molecule has 3 rings (SSSR count). The number of hydrogen-bond donors (Lipinski definition) is 0. The highest BCUT2D eigenvalue weighted by atomic mass is 32.1. The lowest BCUT2D eigenvalue weighted by atomic mass is 10.1. The van der Waals surface area contributed by atoms with E-state index in [0.717, 1.165) is 11.3 Å². The van der Waals surface area contributed by atoms with E-state index in [9.17, 15) is 9.59 Å². The fourth-order valence-corrected chi connectivity index (χ4v) is 3.48. The number of carbonyl (C=O) groups is 2. The van der Waals surface area contributed by atoms with Gasteiger partial charge in [0.2, 0.25) is 11.8 Å². The molecule has 2 amide bonds. The number of rotatable bonds is 4. The summed E-state index contributed by atoms with van der Waals surface area (Å²) in [6.07, 6.45) is 1.86. The van der Waals surface area contributed by atoms with Crippen molar-refractivity contribution < 1.29 is 14.3 Å². The summed E-state index contributed by atoms with van der Waals surface area (Å²) in [5.74, 6) is 0.101. The van der Waals surface area contributed by atoms with Crippen molar-refractivity contribution in [3.8, 4) is 5.75 Å². The SMILES string of the molecule is COc1ccc(C)cc1N1CC(C(=O)N(C)c2nccs2)CC1=O. The first-order valence-electron chi connectivity index (χ1n) is 7.63. The molecule has 0 radical (unpaired) electrons. The Morgan fingerprint density at radius 2 is 2.25 bits per heavy atom. The average molecular weight is 345 g/mol. The largest absolute Gasteiger partial charge is 0.495 e. The van der Waals surface area contributed by atoms with Crippen LogP contribution in [0.2, 0.25) is 0 Å². The normalized spacial score (nSPS) is 17.2. The molecule has 1 saturated heterocycles. The van der Waals surface area contributed by atoms with Crippen LogP contribution in [0.3, 0.4) is 0 Å². The molecular weight excluding hydrogens is 326 g/mol. The molecule has 0 spiro atoms. The smallest absolute Gasteiger partial charge is 0.233 e. The lowest BCUT2D eigenvalue weighted by Gasteiger charge is -2.21. The third-order valence-corrected chi connectivity index (χ3v) is 4.98. The molecule has 1 fully saturated rings. The van der Waals surface area contributed by atoms with E-state index in [1.807, 2.05) is 30.5 Å². The van der Waals surface area contributed by atoms with Crippen LogP contribution in [0.25, 0.3) is 0 Å². The van der Waals surface area contributed by atoms with E-state index in [4.69, 9.17) is 4.74 Å². The van der Waals surface area contributed by atoms with Crippen LogP contribution in [-0.4, -0.2) is 37.5 Å². The number of hydrogen-bond acceptors (Lipinski definition) is 5. The Kier molecular flexibility index (Phi) is 4.53. The van der Waals surface area contributed by atoms with Gasteiger partial charge in [-0.3, -0.25) is 14.5 Å². The van der Waals surface area contributed by atoms with Crippen molar-refractivity contribution in [1.82, 2.24) is 4.98 Å². The number of carbonyl (C=O) groups excluding carboxylic acids is 2. The molecule has 2 aromatic rings. The minimum absolute atomic E-state index is 0.0650. The van der Waals surface area contributed by atoms with Crippen LogP contribution in [0.15, 0.2) is 29.8 Å². The van der Waals surface area contributed by atoms with Crippen LogP contribution < -0.4 is 14.5 Å². The van der Waals surface area contributed by atoms with Gasteiger partial charge in [-0.1, -0.05) is 6.07 Å². The van der Waals surface area contributed by atoms with Gasteiger partial charge in [0, 0.05) is 31.6 Å². The van der Waals surface area contributed by atoms with Crippen LogP contribution in [0.5, 0.6) is 5.75 Å². The first kappa shape index (κ1) is 16.4. The molecule has 0 bridgehead atoms. The van der Waals surface area contributed by atoms with Gasteiger partial charge in [-0.2, -0.15) is 0 Å². The van der Waals surface area contributed by atoms with Crippen LogP contribution >= 0.6 is 11.3 Å². The maximum atomic E-state index is 12.7. The summed E-state index contributed by atoms with van der Waals surface area (Å²) in [7, 11) is 3.27. The standard InChI is InChI=1S/C17H19N3O3S/c1-11-4-5-14(23-3)13(8-11)20-10-12(9-15(20)21)16(22)19(2)17-18-6-7-24-17/h4-8,12H,9-10H2,1-3H3. The van der Waals surface area contributed by atoms with Gasteiger partial charge in [-0.05, 0) is 24.6 Å². The van der Waals surface area contributed by atoms with Gasteiger partial charge >= 0.3 is 0 Å². The molecule has 1 aromatic carbocycles. The third-order valence-electron chi connectivity index (χ3n) is 4.14. The molecule has 24 heavy (non-hydrogen) atoms. The zero-order chi connectivity index (χ0) is 17.3. The first-order valence-corrected chi connectivity index (χ1v) is 8.51. The minimum Gasteiger partial charge on any atom is -0.495 e. The van der Waals surface area contributed by atoms with Crippen LogP contribution in [-0.2, 0) is 9.59 Å². The second-order valence-corrected chi connectivity index (χ2v) is 6.67. The molecule has 1 atom stereocenters. The van der Waals surface area contributed by atoms with E-state index in [2.05, 4.69) is 4.98 Å². The highest BCUT2D eigenvalue weighted by Gasteiger charge is 2.38. The van der Waals surface area contributed by atoms with Crippen molar-refractivity contribution in [3.63, 3.8) is 0 Å². The molecule has 0 saturated carbocycles. The second-order valence-electron chi connectivity index (χ2n) is 5.79. The summed E-state index contributed by atoms with van der Waals surface area (Å²) >= 11 is 1.40. The summed E-state index contributed by atoms with van der Waals surface area (Å²) in [5.41, 5.74) is 1.75. The summed E-state index contributed by atoms with van der Waals surface area (Å²) in [6.45, 7) is 2.32. The van der Waals surface area contributed by atoms with Crippen molar-refractivity contribution in [2.75, 3.05) is 30.5 Å². The zero-order valence-corrected chi connectivity index (χ0v) is 14.7. The molecule has 2 heterocycles. The summed E-state index contributed by atoms with van der Waals surface area (Å²) < 4.78 is 5.37. The number of aryl methyl sites for hydroxylation is 1. The van der Waals surface area contributed by atoms with Crippen molar-refractivity contribution in [2.45, 2.75) is 13.3 Å². The van der Waals surface area contributed by atoms with Gasteiger partial charge in [0.05, 0.1) is 18.7 Å². The lowest BCUT2D eigenvalue weighted by Crippen LogP contribution is -2.34. The average Bonchev–Trinajstić information content (AvgIpc) is 3.23. The van der Waals surface area contributed by atoms with Crippen LogP contribution in [0.4, 0.5) is 10.8 Å². The fraction of sp³-hybridized carbons (Fsp3) is 0.353. The topological polar surface area (TPSA) is 62.7 Å². The highest BCUT2D eigenvalue weighted by molar-refractivity contribution is 7.13. The molecule has 0 N–H and O–H groups in total. The molecule has 1 aliphatic heterocycles. The van der Waals surface area contributed by atoms with Crippen molar-refractivity contribution in [2.24, 2.45) is 5.92 Å². The second kappa shape index (κ2) is 6.60. The van der Waals surface area contributed by atoms with Gasteiger partial charge in [0.1, 0.15) is 5.75 Å². The Hall–Kier alpha value is -2.41. The monoisotopic (exact) mass is 345 g/mol. The summed E-state index contributed by atoms with van der Waals surface area (Å²) in [5, 5.41) is 2.46. The molecule has 1 aliphatic rings. The fourth-order valence-electron chi connectivity index (χ4n) is 2.87. The van der Waals surface area contributed by atoms with E-state index < -0.39 is 0 Å². The number of thiazole rings is 1. The Balaban J connectivity index is 1.81. The van der Waals surface area contributed by atoms with Crippen LogP contribution in [0.1, 0.15) is 12.0 Å². The van der Waals surface area contributed by atoms with E-state index in [1.54, 1.807) is 25.3 Å².